The van der Waals surface area contributed by atoms with E-state index in [1.807, 2.05) is 24.3 Å². The lowest BCUT2D eigenvalue weighted by atomic mass is 10.00. The molecule has 1 atom stereocenters. The number of aliphatic hydroxyl groups excluding tert-OH is 1. The third-order valence-corrected chi connectivity index (χ3v) is 4.82. The van der Waals surface area contributed by atoms with Crippen LogP contribution in [0.15, 0.2) is 36.5 Å². The molecule has 1 fully saturated rings. The maximum atomic E-state index is 10.6. The maximum Gasteiger partial charge on any atom is 0.213 e. The van der Waals surface area contributed by atoms with Crippen LogP contribution in [0.25, 0.3) is 0 Å². The van der Waals surface area contributed by atoms with Gasteiger partial charge in [0.25, 0.3) is 0 Å². The van der Waals surface area contributed by atoms with Crippen LogP contribution in [0, 0.1) is 0 Å². The first-order valence-corrected chi connectivity index (χ1v) is 8.47. The lowest BCUT2D eigenvalue weighted by Gasteiger charge is -2.15. The number of nitrogens with zero attached hydrogens (tertiary/aromatic N) is 1. The molecule has 4 nitrogen and oxygen atoms in total. The van der Waals surface area contributed by atoms with E-state index < -0.39 is 6.10 Å². The van der Waals surface area contributed by atoms with Crippen LogP contribution in [0.1, 0.15) is 48.5 Å². The summed E-state index contributed by atoms with van der Waals surface area (Å²) >= 11 is 0. The summed E-state index contributed by atoms with van der Waals surface area (Å²) in [5.41, 5.74) is 4.17. The van der Waals surface area contributed by atoms with Gasteiger partial charge in [-0.15, -0.1) is 0 Å². The zero-order valence-corrected chi connectivity index (χ0v) is 13.2. The molecule has 23 heavy (non-hydrogen) atoms. The van der Waals surface area contributed by atoms with Crippen LogP contribution in [0.3, 0.4) is 0 Å². The van der Waals surface area contributed by atoms with Crippen molar-refractivity contribution in [2.24, 2.45) is 0 Å². The Balaban J connectivity index is 1.48. The molecule has 0 saturated heterocycles. The Bertz CT molecular complexity index is 678. The molecule has 0 bridgehead atoms. The molecule has 1 unspecified atom stereocenters. The summed E-state index contributed by atoms with van der Waals surface area (Å²) < 4.78 is 5.88. The summed E-state index contributed by atoms with van der Waals surface area (Å²) in [6, 6.07) is 9.89. The highest BCUT2D eigenvalue weighted by Gasteiger charge is 2.18. The third kappa shape index (κ3) is 3.04. The number of rotatable bonds is 4. The van der Waals surface area contributed by atoms with Crippen LogP contribution in [0.4, 0.5) is 5.69 Å². The van der Waals surface area contributed by atoms with E-state index in [0.717, 1.165) is 36.9 Å². The number of hydrogen-bond donors (Lipinski definition) is 2. The molecular weight excluding hydrogens is 288 g/mol. The first kappa shape index (κ1) is 14.5. The van der Waals surface area contributed by atoms with Crippen molar-refractivity contribution in [1.29, 1.82) is 0 Å². The van der Waals surface area contributed by atoms with Gasteiger partial charge < -0.3 is 15.2 Å². The van der Waals surface area contributed by atoms with Gasteiger partial charge in [0.15, 0.2) is 0 Å². The molecule has 2 aromatic rings. The highest BCUT2D eigenvalue weighted by Crippen LogP contribution is 2.29. The van der Waals surface area contributed by atoms with Crippen molar-refractivity contribution in [1.82, 2.24) is 4.98 Å². The number of aliphatic hydroxyl groups is 1. The van der Waals surface area contributed by atoms with Gasteiger partial charge in [0.2, 0.25) is 5.88 Å². The molecule has 0 spiro atoms. The predicted molar refractivity (Wildman–Crippen MR) is 89.8 cm³/mol. The number of aromatic nitrogens is 1. The van der Waals surface area contributed by atoms with E-state index >= 15 is 0 Å². The first-order valence-electron chi connectivity index (χ1n) is 8.47. The van der Waals surface area contributed by atoms with Gasteiger partial charge in [-0.2, -0.15) is 0 Å². The van der Waals surface area contributed by atoms with Gasteiger partial charge in [-0.3, -0.25) is 0 Å². The molecule has 4 rings (SSSR count). The van der Waals surface area contributed by atoms with Crippen molar-refractivity contribution in [3.05, 3.63) is 53.2 Å². The average molecular weight is 310 g/mol. The third-order valence-electron chi connectivity index (χ3n) is 4.82. The van der Waals surface area contributed by atoms with Crippen LogP contribution in [0.2, 0.25) is 0 Å². The van der Waals surface area contributed by atoms with Crippen LogP contribution >= 0.6 is 0 Å². The van der Waals surface area contributed by atoms with E-state index in [4.69, 9.17) is 4.74 Å². The summed E-state index contributed by atoms with van der Waals surface area (Å²) in [4.78, 5) is 4.37. The van der Waals surface area contributed by atoms with E-state index in [2.05, 4.69) is 16.4 Å². The fourth-order valence-corrected chi connectivity index (χ4v) is 3.49. The Kier molecular flexibility index (Phi) is 3.92. The standard InChI is InChI=1S/C19H22N2O2/c22-19(14-5-7-17-13(11-14)9-10-20-17)15-6-8-18(21-12-15)23-16-3-1-2-4-16/h5-8,11-12,16,19-20,22H,1-4,9-10H2. The van der Waals surface area contributed by atoms with Crippen molar-refractivity contribution < 1.29 is 9.84 Å². The molecule has 1 aromatic heterocycles. The van der Waals surface area contributed by atoms with Gasteiger partial charge in [-0.05, 0) is 55.4 Å². The molecule has 1 aliphatic carbocycles. The molecule has 0 radical (unpaired) electrons. The van der Waals surface area contributed by atoms with Crippen molar-refractivity contribution >= 4 is 5.69 Å². The Labute approximate surface area is 136 Å². The predicted octanol–water partition coefficient (Wildman–Crippen LogP) is 3.45. The van der Waals surface area contributed by atoms with E-state index in [9.17, 15) is 5.11 Å². The summed E-state index contributed by atoms with van der Waals surface area (Å²) in [5.74, 6) is 0.658. The lowest BCUT2D eigenvalue weighted by molar-refractivity contribution is 0.199. The molecule has 1 aliphatic heterocycles. The number of nitrogens with one attached hydrogen (secondary N) is 1. The van der Waals surface area contributed by atoms with E-state index in [1.54, 1.807) is 6.20 Å². The molecule has 120 valence electrons. The van der Waals surface area contributed by atoms with Crippen molar-refractivity contribution in [2.45, 2.75) is 44.3 Å². The van der Waals surface area contributed by atoms with Crippen LogP contribution < -0.4 is 10.1 Å². The largest absolute Gasteiger partial charge is 0.474 e. The fraction of sp³-hybridized carbons (Fsp3) is 0.421. The molecule has 4 heteroatoms. The lowest BCUT2D eigenvalue weighted by Crippen LogP contribution is -2.12. The topological polar surface area (TPSA) is 54.4 Å². The van der Waals surface area contributed by atoms with Gasteiger partial charge in [0, 0.05) is 30.1 Å². The second-order valence-electron chi connectivity index (χ2n) is 6.45. The molecule has 2 N–H and O–H groups in total. The second-order valence-corrected chi connectivity index (χ2v) is 6.45. The first-order chi connectivity index (χ1) is 11.3. The Morgan fingerprint density at radius 1 is 1.13 bits per heavy atom. The monoisotopic (exact) mass is 310 g/mol. The zero-order valence-electron chi connectivity index (χ0n) is 13.2. The maximum absolute atomic E-state index is 10.6. The SMILES string of the molecule is OC(c1ccc(OC2CCCC2)nc1)c1ccc2c(c1)CCN2. The van der Waals surface area contributed by atoms with Gasteiger partial charge in [-0.1, -0.05) is 12.1 Å². The molecule has 2 heterocycles. The van der Waals surface area contributed by atoms with Gasteiger partial charge in [0.05, 0.1) is 0 Å². The highest BCUT2D eigenvalue weighted by molar-refractivity contribution is 5.57. The quantitative estimate of drug-likeness (QED) is 0.908. The van der Waals surface area contributed by atoms with Gasteiger partial charge in [0.1, 0.15) is 12.2 Å². The minimum Gasteiger partial charge on any atom is -0.474 e. The molecule has 1 aromatic carbocycles. The summed E-state index contributed by atoms with van der Waals surface area (Å²) in [5, 5.41) is 13.9. The van der Waals surface area contributed by atoms with Crippen molar-refractivity contribution in [3.63, 3.8) is 0 Å². The summed E-state index contributed by atoms with van der Waals surface area (Å²) in [6.45, 7) is 0.976. The van der Waals surface area contributed by atoms with Crippen LogP contribution in [-0.4, -0.2) is 22.7 Å². The average Bonchev–Trinajstić information content (AvgIpc) is 3.25. The van der Waals surface area contributed by atoms with Crippen molar-refractivity contribution in [2.75, 3.05) is 11.9 Å². The molecule has 2 aliphatic rings. The number of ether oxygens (including phenoxy) is 1. The fourth-order valence-electron chi connectivity index (χ4n) is 3.49. The summed E-state index contributed by atoms with van der Waals surface area (Å²) in [6.07, 6.45) is 7.13. The second kappa shape index (κ2) is 6.20. The minimum atomic E-state index is -0.645. The smallest absolute Gasteiger partial charge is 0.213 e. The van der Waals surface area contributed by atoms with Gasteiger partial charge >= 0.3 is 0 Å². The van der Waals surface area contributed by atoms with Gasteiger partial charge in [-0.25, -0.2) is 4.98 Å². The number of benzene rings is 1. The van der Waals surface area contributed by atoms with Crippen LogP contribution in [-0.2, 0) is 6.42 Å². The Hall–Kier alpha value is -2.07. The summed E-state index contributed by atoms with van der Waals surface area (Å²) in [7, 11) is 0. The Morgan fingerprint density at radius 2 is 1.96 bits per heavy atom. The van der Waals surface area contributed by atoms with E-state index in [0.29, 0.717) is 12.0 Å². The number of fused-ring (bicyclic) bond motifs is 1. The zero-order chi connectivity index (χ0) is 15.6. The molecular formula is C19H22N2O2. The normalized spacial score (nSPS) is 18.5. The van der Waals surface area contributed by atoms with E-state index in [1.165, 1.54) is 24.1 Å². The highest BCUT2D eigenvalue weighted by atomic mass is 16.5. The number of pyridine rings is 1. The van der Waals surface area contributed by atoms with E-state index in [-0.39, 0.29) is 0 Å². The molecule has 0 amide bonds. The Morgan fingerprint density at radius 3 is 2.74 bits per heavy atom. The van der Waals surface area contributed by atoms with Crippen LogP contribution in [0.5, 0.6) is 5.88 Å². The molecule has 1 saturated carbocycles. The van der Waals surface area contributed by atoms with Crippen molar-refractivity contribution in [3.8, 4) is 5.88 Å². The number of hydrogen-bond acceptors (Lipinski definition) is 4. The minimum absolute atomic E-state index is 0.308. The number of anilines is 1.